The van der Waals surface area contributed by atoms with E-state index < -0.39 is 17.5 Å². The van der Waals surface area contributed by atoms with Gasteiger partial charge in [0, 0.05) is 13.1 Å². The number of hydrogen-bond donors (Lipinski definition) is 1. The van der Waals surface area contributed by atoms with E-state index in [2.05, 4.69) is 5.32 Å². The first-order valence-corrected chi connectivity index (χ1v) is 10.5. The molecule has 2 aromatic carbocycles. The Hall–Kier alpha value is -2.93. The highest BCUT2D eigenvalue weighted by molar-refractivity contribution is 6.30. The first-order valence-electron chi connectivity index (χ1n) is 10.1. The quantitative estimate of drug-likeness (QED) is 0.656. The molecular formula is C23H27ClN2O5. The van der Waals surface area contributed by atoms with Crippen molar-refractivity contribution in [3.63, 3.8) is 0 Å². The van der Waals surface area contributed by atoms with E-state index >= 15 is 0 Å². The van der Waals surface area contributed by atoms with Crippen LogP contribution in [0.2, 0.25) is 0 Å². The zero-order valence-corrected chi connectivity index (χ0v) is 18.6. The maximum absolute atomic E-state index is 12.7. The van der Waals surface area contributed by atoms with E-state index in [-0.39, 0.29) is 19.1 Å². The van der Waals surface area contributed by atoms with Crippen LogP contribution in [-0.2, 0) is 22.6 Å². The number of halogens is 1. The molecule has 2 amide bonds. The van der Waals surface area contributed by atoms with Gasteiger partial charge in [-0.05, 0) is 42.2 Å². The zero-order chi connectivity index (χ0) is 22.4. The van der Waals surface area contributed by atoms with Crippen molar-refractivity contribution < 1.29 is 23.8 Å². The van der Waals surface area contributed by atoms with Crippen molar-refractivity contribution in [2.24, 2.45) is 0 Å². The fourth-order valence-electron chi connectivity index (χ4n) is 3.69. The molecule has 0 aliphatic carbocycles. The average Bonchev–Trinajstić information content (AvgIpc) is 2.80. The molecule has 1 aliphatic heterocycles. The molecule has 31 heavy (non-hydrogen) atoms. The third-order valence-corrected chi connectivity index (χ3v) is 5.47. The summed E-state index contributed by atoms with van der Waals surface area (Å²) in [5, 5.41) is 2.11. The van der Waals surface area contributed by atoms with E-state index in [0.29, 0.717) is 24.5 Å². The second kappa shape index (κ2) is 10.4. The number of carbonyl (C=O) groups excluding carboxylic acids is 2. The molecule has 166 valence electrons. The number of ether oxygens (including phenoxy) is 3. The molecule has 1 aliphatic rings. The number of nitrogens with one attached hydrogen (secondary N) is 1. The van der Waals surface area contributed by atoms with E-state index in [4.69, 9.17) is 25.8 Å². The third kappa shape index (κ3) is 5.41. The van der Waals surface area contributed by atoms with Crippen LogP contribution in [0.25, 0.3) is 0 Å². The summed E-state index contributed by atoms with van der Waals surface area (Å²) in [5.74, 6) is 0.999. The first-order chi connectivity index (χ1) is 14.9. The smallest absolute Gasteiger partial charge is 0.407 e. The van der Waals surface area contributed by atoms with E-state index in [1.54, 1.807) is 26.0 Å². The van der Waals surface area contributed by atoms with Gasteiger partial charge in [0.25, 0.3) is 0 Å². The molecule has 0 unspecified atom stereocenters. The lowest BCUT2D eigenvalue weighted by Crippen LogP contribution is -2.47. The number of alkyl halides is 1. The fraction of sp³-hybridized carbons (Fsp3) is 0.391. The Morgan fingerprint density at radius 1 is 1.16 bits per heavy atom. The number of benzene rings is 2. The van der Waals surface area contributed by atoms with Gasteiger partial charge in [0.05, 0.1) is 20.3 Å². The van der Waals surface area contributed by atoms with Gasteiger partial charge in [-0.25, -0.2) is 4.79 Å². The summed E-state index contributed by atoms with van der Waals surface area (Å²) in [4.78, 5) is 26.7. The van der Waals surface area contributed by atoms with E-state index in [0.717, 1.165) is 16.7 Å². The molecule has 0 bridgehead atoms. The normalized spacial score (nSPS) is 16.1. The van der Waals surface area contributed by atoms with Crippen LogP contribution in [0.4, 0.5) is 4.79 Å². The summed E-state index contributed by atoms with van der Waals surface area (Å²) >= 11 is 6.09. The number of fused-ring (bicyclic) bond motifs is 1. The zero-order valence-electron chi connectivity index (χ0n) is 17.9. The predicted molar refractivity (Wildman–Crippen MR) is 118 cm³/mol. The van der Waals surface area contributed by atoms with Gasteiger partial charge in [0.1, 0.15) is 12.0 Å². The Morgan fingerprint density at radius 3 is 2.48 bits per heavy atom. The molecule has 0 radical (unpaired) electrons. The predicted octanol–water partition coefficient (Wildman–Crippen LogP) is 3.68. The van der Waals surface area contributed by atoms with Crippen molar-refractivity contribution in [2.75, 3.05) is 27.3 Å². The topological polar surface area (TPSA) is 77.1 Å². The number of amides is 2. The Balaban J connectivity index is 1.78. The minimum absolute atomic E-state index is 0.167. The number of alkyl carbamates (subject to hydrolysis) is 1. The summed E-state index contributed by atoms with van der Waals surface area (Å²) in [6, 6.07) is 12.8. The molecule has 0 saturated carbocycles. The van der Waals surface area contributed by atoms with E-state index in [1.807, 2.05) is 42.5 Å². The molecule has 0 spiro atoms. The second-order valence-electron chi connectivity index (χ2n) is 7.26. The summed E-state index contributed by atoms with van der Waals surface area (Å²) in [5.41, 5.74) is 2.82. The molecule has 0 saturated heterocycles. The average molecular weight is 447 g/mol. The lowest BCUT2D eigenvalue weighted by atomic mass is 9.91. The van der Waals surface area contributed by atoms with Gasteiger partial charge in [0.15, 0.2) is 11.5 Å². The summed E-state index contributed by atoms with van der Waals surface area (Å²) in [6.07, 6.45) is 0.0998. The van der Waals surface area contributed by atoms with Gasteiger partial charge in [-0.3, -0.25) is 4.79 Å². The summed E-state index contributed by atoms with van der Waals surface area (Å²) < 4.78 is 16.2. The van der Waals surface area contributed by atoms with Crippen LogP contribution >= 0.6 is 11.6 Å². The van der Waals surface area contributed by atoms with Crippen LogP contribution in [0.3, 0.4) is 0 Å². The minimum atomic E-state index is -0.672. The second-order valence-corrected chi connectivity index (χ2v) is 7.92. The lowest BCUT2D eigenvalue weighted by molar-refractivity contribution is -0.133. The number of carbonyl (C=O) groups is 2. The van der Waals surface area contributed by atoms with Gasteiger partial charge in [0.2, 0.25) is 5.91 Å². The standard InChI is InChI=1S/C23H27ClN2O5/c1-15(24)22(27)26-10-9-17-11-20(29-2)21(30-3)12-18(17)19(26)13-25-23(28)31-14-16-7-5-4-6-8-16/h4-8,11-12,15,19H,9-10,13-14H2,1-3H3,(H,25,28)/t15-,19-/m0/s1. The number of hydrogen-bond acceptors (Lipinski definition) is 5. The molecule has 0 fully saturated rings. The molecular weight excluding hydrogens is 420 g/mol. The number of rotatable bonds is 7. The Labute approximate surface area is 187 Å². The Morgan fingerprint density at radius 2 is 1.84 bits per heavy atom. The van der Waals surface area contributed by atoms with Crippen LogP contribution in [0.1, 0.15) is 29.7 Å². The summed E-state index contributed by atoms with van der Waals surface area (Å²) in [7, 11) is 3.14. The van der Waals surface area contributed by atoms with Crippen LogP contribution in [-0.4, -0.2) is 49.6 Å². The van der Waals surface area contributed by atoms with Crippen molar-refractivity contribution in [2.45, 2.75) is 31.4 Å². The molecule has 3 rings (SSSR count). The van der Waals surface area contributed by atoms with E-state index in [9.17, 15) is 9.59 Å². The van der Waals surface area contributed by atoms with Gasteiger partial charge < -0.3 is 24.4 Å². The lowest BCUT2D eigenvalue weighted by Gasteiger charge is -2.38. The molecule has 2 atom stereocenters. The van der Waals surface area contributed by atoms with Crippen LogP contribution < -0.4 is 14.8 Å². The van der Waals surface area contributed by atoms with Crippen LogP contribution in [0, 0.1) is 0 Å². The Kier molecular flexibility index (Phi) is 7.63. The first kappa shape index (κ1) is 22.7. The van der Waals surface area contributed by atoms with Crippen LogP contribution in [0.15, 0.2) is 42.5 Å². The molecule has 7 nitrogen and oxygen atoms in total. The summed E-state index contributed by atoms with van der Waals surface area (Å²) in [6.45, 7) is 2.49. The van der Waals surface area contributed by atoms with Gasteiger partial charge in [-0.15, -0.1) is 11.6 Å². The Bertz CT molecular complexity index is 920. The number of nitrogens with zero attached hydrogens (tertiary/aromatic N) is 1. The van der Waals surface area contributed by atoms with Gasteiger partial charge in [-0.2, -0.15) is 0 Å². The molecule has 0 aromatic heterocycles. The fourth-order valence-corrected chi connectivity index (χ4v) is 3.82. The van der Waals surface area contributed by atoms with Crippen molar-refractivity contribution in [1.29, 1.82) is 0 Å². The largest absolute Gasteiger partial charge is 0.493 e. The molecule has 1 heterocycles. The highest BCUT2D eigenvalue weighted by Crippen LogP contribution is 2.38. The molecule has 1 N–H and O–H groups in total. The minimum Gasteiger partial charge on any atom is -0.493 e. The maximum Gasteiger partial charge on any atom is 0.407 e. The van der Waals surface area contributed by atoms with Gasteiger partial charge >= 0.3 is 6.09 Å². The SMILES string of the molecule is COc1cc2c(cc1OC)[C@H](CNC(=O)OCc1ccccc1)N(C(=O)[C@H](C)Cl)CC2. The third-order valence-electron chi connectivity index (χ3n) is 5.28. The van der Waals surface area contributed by atoms with Gasteiger partial charge in [-0.1, -0.05) is 30.3 Å². The van der Waals surface area contributed by atoms with Crippen molar-refractivity contribution in [1.82, 2.24) is 10.2 Å². The monoisotopic (exact) mass is 446 g/mol. The maximum atomic E-state index is 12.7. The highest BCUT2D eigenvalue weighted by Gasteiger charge is 2.34. The van der Waals surface area contributed by atoms with Crippen molar-refractivity contribution in [3.8, 4) is 11.5 Å². The molecule has 2 aromatic rings. The number of methoxy groups -OCH3 is 2. The molecule has 8 heteroatoms. The van der Waals surface area contributed by atoms with Crippen molar-refractivity contribution in [3.05, 3.63) is 59.2 Å². The highest BCUT2D eigenvalue weighted by atomic mass is 35.5. The van der Waals surface area contributed by atoms with Crippen molar-refractivity contribution >= 4 is 23.6 Å². The van der Waals surface area contributed by atoms with E-state index in [1.165, 1.54) is 0 Å². The van der Waals surface area contributed by atoms with Crippen LogP contribution in [0.5, 0.6) is 11.5 Å².